The number of aromatic nitrogens is 5. The van der Waals surface area contributed by atoms with E-state index in [1.165, 1.54) is 11.8 Å². The standard InChI is InChI=1S/C24H25N7O2S/c1-18-20(7-14-33-18)23-27-28-24(31(23)16-19-5-3-2-4-6-19)34-17-22(32)30-12-10-29(11-13-30)21-15-25-8-9-26-21/h2-9,14-15H,10-13,16-17H2,1H3. The Bertz CT molecular complexity index is 1230. The number of carbonyl (C=O) groups excluding carboxylic acids is 1. The van der Waals surface area contributed by atoms with Crippen LogP contribution in [0.5, 0.6) is 0 Å². The fourth-order valence-corrected chi connectivity index (χ4v) is 4.82. The Morgan fingerprint density at radius 3 is 2.59 bits per heavy atom. The molecule has 34 heavy (non-hydrogen) atoms. The summed E-state index contributed by atoms with van der Waals surface area (Å²) in [4.78, 5) is 25.5. The smallest absolute Gasteiger partial charge is 0.233 e. The summed E-state index contributed by atoms with van der Waals surface area (Å²) in [5.74, 6) is 2.78. The van der Waals surface area contributed by atoms with Gasteiger partial charge in [0.25, 0.3) is 0 Å². The minimum atomic E-state index is 0.0964. The highest BCUT2D eigenvalue weighted by Gasteiger charge is 2.24. The Balaban J connectivity index is 1.26. The van der Waals surface area contributed by atoms with Gasteiger partial charge in [-0.05, 0) is 18.6 Å². The summed E-state index contributed by atoms with van der Waals surface area (Å²) in [6.45, 7) is 5.32. The van der Waals surface area contributed by atoms with Crippen molar-refractivity contribution >= 4 is 23.5 Å². The lowest BCUT2D eigenvalue weighted by Crippen LogP contribution is -2.49. The van der Waals surface area contributed by atoms with E-state index in [4.69, 9.17) is 4.42 Å². The van der Waals surface area contributed by atoms with E-state index >= 15 is 0 Å². The van der Waals surface area contributed by atoms with Crippen LogP contribution >= 0.6 is 11.8 Å². The van der Waals surface area contributed by atoms with Gasteiger partial charge in [0.15, 0.2) is 11.0 Å². The number of carbonyl (C=O) groups is 1. The number of nitrogens with zero attached hydrogens (tertiary/aromatic N) is 7. The van der Waals surface area contributed by atoms with Crippen LogP contribution in [0.2, 0.25) is 0 Å². The molecule has 3 aromatic heterocycles. The molecule has 0 unspecified atom stereocenters. The van der Waals surface area contributed by atoms with Crippen LogP contribution in [0.1, 0.15) is 11.3 Å². The van der Waals surface area contributed by atoms with Crippen molar-refractivity contribution in [3.05, 3.63) is 72.6 Å². The molecule has 4 heterocycles. The fourth-order valence-electron chi connectivity index (χ4n) is 3.98. The first kappa shape index (κ1) is 22.1. The average Bonchev–Trinajstić information content (AvgIpc) is 3.49. The maximum absolute atomic E-state index is 13.0. The van der Waals surface area contributed by atoms with Crippen LogP contribution in [-0.2, 0) is 11.3 Å². The summed E-state index contributed by atoms with van der Waals surface area (Å²) >= 11 is 1.42. The van der Waals surface area contributed by atoms with Crippen LogP contribution in [0.4, 0.5) is 5.82 Å². The third-order valence-corrected chi connectivity index (χ3v) is 6.78. The molecule has 1 aliphatic rings. The van der Waals surface area contributed by atoms with Crippen molar-refractivity contribution in [1.82, 2.24) is 29.6 Å². The minimum absolute atomic E-state index is 0.0964. The van der Waals surface area contributed by atoms with E-state index in [9.17, 15) is 4.79 Å². The normalized spacial score (nSPS) is 13.9. The molecule has 9 nitrogen and oxygen atoms in total. The number of hydrogen-bond donors (Lipinski definition) is 0. The largest absolute Gasteiger partial charge is 0.469 e. The van der Waals surface area contributed by atoms with Gasteiger partial charge in [-0.3, -0.25) is 14.3 Å². The van der Waals surface area contributed by atoms with Gasteiger partial charge in [-0.15, -0.1) is 10.2 Å². The Morgan fingerprint density at radius 1 is 1.06 bits per heavy atom. The molecule has 0 N–H and O–H groups in total. The molecule has 0 saturated carbocycles. The van der Waals surface area contributed by atoms with Gasteiger partial charge in [0.2, 0.25) is 5.91 Å². The lowest BCUT2D eigenvalue weighted by atomic mass is 10.2. The Hall–Kier alpha value is -3.66. The van der Waals surface area contributed by atoms with E-state index in [-0.39, 0.29) is 5.91 Å². The maximum Gasteiger partial charge on any atom is 0.233 e. The number of amides is 1. The first-order valence-corrected chi connectivity index (χ1v) is 12.1. The van der Waals surface area contributed by atoms with Crippen LogP contribution in [0.3, 0.4) is 0 Å². The monoisotopic (exact) mass is 475 g/mol. The lowest BCUT2D eigenvalue weighted by molar-refractivity contribution is -0.128. The van der Waals surface area contributed by atoms with E-state index in [1.54, 1.807) is 24.9 Å². The highest BCUT2D eigenvalue weighted by Crippen LogP contribution is 2.28. The van der Waals surface area contributed by atoms with Crippen LogP contribution in [0, 0.1) is 6.92 Å². The number of benzene rings is 1. The average molecular weight is 476 g/mol. The van der Waals surface area contributed by atoms with Crippen LogP contribution in [0.25, 0.3) is 11.4 Å². The zero-order valence-electron chi connectivity index (χ0n) is 18.9. The number of rotatable bonds is 7. The van der Waals surface area contributed by atoms with Crippen LogP contribution in [0.15, 0.2) is 70.8 Å². The number of thioether (sulfide) groups is 1. The lowest BCUT2D eigenvalue weighted by Gasteiger charge is -2.35. The second-order valence-electron chi connectivity index (χ2n) is 7.99. The summed E-state index contributed by atoms with van der Waals surface area (Å²) in [5.41, 5.74) is 2.04. The summed E-state index contributed by atoms with van der Waals surface area (Å²) in [6, 6.07) is 12.1. The highest BCUT2D eigenvalue weighted by molar-refractivity contribution is 7.99. The summed E-state index contributed by atoms with van der Waals surface area (Å²) < 4.78 is 7.54. The Morgan fingerprint density at radius 2 is 1.88 bits per heavy atom. The van der Waals surface area contributed by atoms with Gasteiger partial charge in [-0.25, -0.2) is 4.98 Å². The topological polar surface area (TPSA) is 93.2 Å². The van der Waals surface area contributed by atoms with Crippen molar-refractivity contribution in [1.29, 1.82) is 0 Å². The molecule has 174 valence electrons. The molecular formula is C24H25N7O2S. The SMILES string of the molecule is Cc1occc1-c1nnc(SCC(=O)N2CCN(c3cnccn3)CC2)n1Cc1ccccc1. The molecule has 0 aliphatic carbocycles. The van der Waals surface area contributed by atoms with Crippen molar-refractivity contribution in [3.8, 4) is 11.4 Å². The predicted molar refractivity (Wildman–Crippen MR) is 130 cm³/mol. The molecular weight excluding hydrogens is 450 g/mol. The zero-order valence-corrected chi connectivity index (χ0v) is 19.7. The number of anilines is 1. The molecule has 1 fully saturated rings. The van der Waals surface area contributed by atoms with Gasteiger partial charge >= 0.3 is 0 Å². The van der Waals surface area contributed by atoms with Crippen LogP contribution in [-0.4, -0.2) is 67.5 Å². The first-order chi connectivity index (χ1) is 16.7. The Labute approximate surface area is 201 Å². The Kier molecular flexibility index (Phi) is 6.57. The third kappa shape index (κ3) is 4.81. The van der Waals surface area contributed by atoms with E-state index in [0.29, 0.717) is 30.5 Å². The van der Waals surface area contributed by atoms with Gasteiger partial charge in [0, 0.05) is 38.6 Å². The molecule has 5 rings (SSSR count). The second kappa shape index (κ2) is 10.1. The van der Waals surface area contributed by atoms with E-state index in [0.717, 1.165) is 41.6 Å². The molecule has 0 radical (unpaired) electrons. The number of aryl methyl sites for hydroxylation is 1. The molecule has 1 aromatic carbocycles. The molecule has 0 bridgehead atoms. The van der Waals surface area contributed by atoms with E-state index in [2.05, 4.69) is 41.8 Å². The number of piperazine rings is 1. The van der Waals surface area contributed by atoms with Crippen molar-refractivity contribution in [2.45, 2.75) is 18.6 Å². The number of furan rings is 1. The second-order valence-corrected chi connectivity index (χ2v) is 8.93. The van der Waals surface area contributed by atoms with Crippen molar-refractivity contribution in [2.24, 2.45) is 0 Å². The van der Waals surface area contributed by atoms with Gasteiger partial charge in [0.05, 0.1) is 30.3 Å². The first-order valence-electron chi connectivity index (χ1n) is 11.1. The van der Waals surface area contributed by atoms with Gasteiger partial charge in [-0.2, -0.15) is 0 Å². The summed E-state index contributed by atoms with van der Waals surface area (Å²) in [6.07, 6.45) is 6.76. The van der Waals surface area contributed by atoms with Crippen molar-refractivity contribution in [3.63, 3.8) is 0 Å². The van der Waals surface area contributed by atoms with Gasteiger partial charge < -0.3 is 14.2 Å². The van der Waals surface area contributed by atoms with Crippen LogP contribution < -0.4 is 4.90 Å². The predicted octanol–water partition coefficient (Wildman–Crippen LogP) is 3.13. The van der Waals surface area contributed by atoms with Gasteiger partial charge in [0.1, 0.15) is 11.6 Å². The van der Waals surface area contributed by atoms with E-state index in [1.807, 2.05) is 36.1 Å². The summed E-state index contributed by atoms with van der Waals surface area (Å²) in [5, 5.41) is 9.57. The molecule has 0 atom stereocenters. The maximum atomic E-state index is 13.0. The number of hydrogen-bond acceptors (Lipinski definition) is 8. The van der Waals surface area contributed by atoms with Gasteiger partial charge in [-0.1, -0.05) is 42.1 Å². The fraction of sp³-hybridized carbons (Fsp3) is 0.292. The van der Waals surface area contributed by atoms with E-state index < -0.39 is 0 Å². The molecule has 1 amide bonds. The molecule has 1 saturated heterocycles. The zero-order chi connectivity index (χ0) is 23.3. The highest BCUT2D eigenvalue weighted by atomic mass is 32.2. The summed E-state index contributed by atoms with van der Waals surface area (Å²) in [7, 11) is 0. The quantitative estimate of drug-likeness (QED) is 0.377. The van der Waals surface area contributed by atoms with Crippen molar-refractivity contribution < 1.29 is 9.21 Å². The van der Waals surface area contributed by atoms with Crippen molar-refractivity contribution in [2.75, 3.05) is 36.8 Å². The molecule has 10 heteroatoms. The third-order valence-electron chi connectivity index (χ3n) is 5.83. The molecule has 4 aromatic rings. The molecule has 0 spiro atoms. The minimum Gasteiger partial charge on any atom is -0.469 e. The molecule has 1 aliphatic heterocycles.